The molecule has 3 rings (SSSR count). The van der Waals surface area contributed by atoms with E-state index >= 15 is 0 Å². The number of carbonyl (C=O) groups is 3. The summed E-state index contributed by atoms with van der Waals surface area (Å²) in [5.41, 5.74) is 0.445. The molecule has 0 bridgehead atoms. The molecule has 0 saturated carbocycles. The third kappa shape index (κ3) is 3.58. The summed E-state index contributed by atoms with van der Waals surface area (Å²) in [7, 11) is -2.75. The summed E-state index contributed by atoms with van der Waals surface area (Å²) in [6, 6.07) is 10.1. The number of hydrogen-bond acceptors (Lipinski definition) is 6. The zero-order valence-electron chi connectivity index (χ0n) is 14.6. The zero-order valence-corrected chi connectivity index (χ0v) is 16.2. The van der Waals surface area contributed by atoms with Crippen LogP contribution in [0.2, 0.25) is 5.02 Å². The predicted molar refractivity (Wildman–Crippen MR) is 101 cm³/mol. The summed E-state index contributed by atoms with van der Waals surface area (Å²) in [6.45, 7) is -0.323. The fourth-order valence-electron chi connectivity index (χ4n) is 2.73. The van der Waals surface area contributed by atoms with Crippen molar-refractivity contribution in [3.8, 4) is 0 Å². The van der Waals surface area contributed by atoms with Gasteiger partial charge < -0.3 is 10.1 Å². The molecule has 28 heavy (non-hydrogen) atoms. The minimum Gasteiger partial charge on any atom is -0.465 e. The molecule has 1 N–H and O–H groups in total. The first-order valence-corrected chi connectivity index (χ1v) is 9.91. The van der Waals surface area contributed by atoms with E-state index in [2.05, 4.69) is 10.1 Å². The van der Waals surface area contributed by atoms with E-state index in [4.69, 9.17) is 11.6 Å². The lowest BCUT2D eigenvalue weighted by molar-refractivity contribution is -0.116. The van der Waals surface area contributed by atoms with Crippen molar-refractivity contribution < 1.29 is 27.5 Å². The molecule has 8 nitrogen and oxygen atoms in total. The Morgan fingerprint density at radius 1 is 1.18 bits per heavy atom. The second-order valence-corrected chi connectivity index (χ2v) is 8.10. The van der Waals surface area contributed by atoms with Gasteiger partial charge in [0.25, 0.3) is 15.9 Å². The van der Waals surface area contributed by atoms with Gasteiger partial charge in [-0.2, -0.15) is 0 Å². The second kappa shape index (κ2) is 7.61. The van der Waals surface area contributed by atoms with Crippen molar-refractivity contribution in [2.75, 3.05) is 19.0 Å². The monoisotopic (exact) mass is 422 g/mol. The van der Waals surface area contributed by atoms with Crippen LogP contribution in [-0.4, -0.2) is 44.2 Å². The number of hydrogen-bond donors (Lipinski definition) is 1. The quantitative estimate of drug-likeness (QED) is 0.740. The highest BCUT2D eigenvalue weighted by Crippen LogP contribution is 2.30. The highest BCUT2D eigenvalue weighted by atomic mass is 35.5. The molecule has 10 heteroatoms. The number of nitrogens with one attached hydrogen (secondary N) is 1. The van der Waals surface area contributed by atoms with Crippen molar-refractivity contribution in [3.05, 3.63) is 58.6 Å². The second-order valence-electron chi connectivity index (χ2n) is 5.86. The zero-order chi connectivity index (χ0) is 20.5. The predicted octanol–water partition coefficient (Wildman–Crippen LogP) is 2.30. The average molecular weight is 423 g/mol. The van der Waals surface area contributed by atoms with Crippen LogP contribution in [0.3, 0.4) is 0 Å². The Morgan fingerprint density at radius 3 is 2.57 bits per heavy atom. The first-order valence-electron chi connectivity index (χ1n) is 8.09. The van der Waals surface area contributed by atoms with E-state index in [-0.39, 0.29) is 39.7 Å². The van der Waals surface area contributed by atoms with Crippen LogP contribution in [-0.2, 0) is 19.6 Å². The molecule has 1 heterocycles. The third-order valence-electron chi connectivity index (χ3n) is 4.12. The van der Waals surface area contributed by atoms with Crippen LogP contribution in [0.1, 0.15) is 27.1 Å². The van der Waals surface area contributed by atoms with Gasteiger partial charge in [0.15, 0.2) is 0 Å². The summed E-state index contributed by atoms with van der Waals surface area (Å²) >= 11 is 6.02. The highest BCUT2D eigenvalue weighted by molar-refractivity contribution is 7.90. The Kier molecular flexibility index (Phi) is 5.39. The van der Waals surface area contributed by atoms with Crippen molar-refractivity contribution in [1.82, 2.24) is 4.31 Å². The van der Waals surface area contributed by atoms with E-state index in [9.17, 15) is 22.8 Å². The lowest BCUT2D eigenvalue weighted by Crippen LogP contribution is -2.33. The summed E-state index contributed by atoms with van der Waals surface area (Å²) in [5.74, 6) is -1.84. The van der Waals surface area contributed by atoms with Gasteiger partial charge >= 0.3 is 5.97 Å². The number of halogens is 1. The standard InChI is InChI=1S/C18H15ClN2O6S/c1-27-18(24)11-6-7-13(19)14(10-11)20-16(22)8-9-21-17(23)12-4-2-3-5-15(12)28(21,25)26/h2-7,10H,8-9H2,1H3,(H,20,22). The van der Waals surface area contributed by atoms with Gasteiger partial charge in [-0.3, -0.25) is 9.59 Å². The smallest absolute Gasteiger partial charge is 0.337 e. The highest BCUT2D eigenvalue weighted by Gasteiger charge is 2.40. The molecule has 0 radical (unpaired) electrons. The third-order valence-corrected chi connectivity index (χ3v) is 6.29. The molecular formula is C18H15ClN2O6S. The van der Waals surface area contributed by atoms with Crippen molar-refractivity contribution in [3.63, 3.8) is 0 Å². The van der Waals surface area contributed by atoms with Crippen LogP contribution in [0.15, 0.2) is 47.4 Å². The molecular weight excluding hydrogens is 408 g/mol. The van der Waals surface area contributed by atoms with Crippen LogP contribution in [0.5, 0.6) is 0 Å². The molecule has 0 fully saturated rings. The lowest BCUT2D eigenvalue weighted by atomic mass is 10.2. The lowest BCUT2D eigenvalue weighted by Gasteiger charge is -2.15. The maximum Gasteiger partial charge on any atom is 0.337 e. The van der Waals surface area contributed by atoms with E-state index in [1.54, 1.807) is 6.07 Å². The maximum absolute atomic E-state index is 12.5. The Morgan fingerprint density at radius 2 is 1.89 bits per heavy atom. The summed E-state index contributed by atoms with van der Waals surface area (Å²) < 4.78 is 30.2. The first-order chi connectivity index (χ1) is 13.3. The van der Waals surface area contributed by atoms with E-state index < -0.39 is 27.8 Å². The number of nitrogens with zero attached hydrogens (tertiary/aromatic N) is 1. The van der Waals surface area contributed by atoms with Crippen molar-refractivity contribution >= 4 is 45.1 Å². The van der Waals surface area contributed by atoms with Crippen molar-refractivity contribution in [2.24, 2.45) is 0 Å². The fourth-order valence-corrected chi connectivity index (χ4v) is 4.47. The molecule has 0 atom stereocenters. The van der Waals surface area contributed by atoms with Crippen LogP contribution >= 0.6 is 11.6 Å². The molecule has 2 amide bonds. The molecule has 0 aromatic heterocycles. The van der Waals surface area contributed by atoms with Gasteiger partial charge in [0.2, 0.25) is 5.91 Å². The van der Waals surface area contributed by atoms with Gasteiger partial charge in [0.05, 0.1) is 28.9 Å². The van der Waals surface area contributed by atoms with Gasteiger partial charge in [-0.15, -0.1) is 0 Å². The Labute approximate surface area is 166 Å². The number of carbonyl (C=O) groups excluding carboxylic acids is 3. The summed E-state index contributed by atoms with van der Waals surface area (Å²) in [5, 5.41) is 2.70. The van der Waals surface area contributed by atoms with Gasteiger partial charge in [-0.05, 0) is 30.3 Å². The number of anilines is 1. The number of fused-ring (bicyclic) bond motifs is 1. The van der Waals surface area contributed by atoms with Crippen LogP contribution in [0.25, 0.3) is 0 Å². The number of benzene rings is 2. The van der Waals surface area contributed by atoms with E-state index in [0.29, 0.717) is 4.31 Å². The molecule has 0 aliphatic carbocycles. The number of ether oxygens (including phenoxy) is 1. The molecule has 0 unspecified atom stereocenters. The van der Waals surface area contributed by atoms with Crippen molar-refractivity contribution in [1.29, 1.82) is 0 Å². The minimum absolute atomic E-state index is 0.0748. The van der Waals surface area contributed by atoms with Gasteiger partial charge in [0, 0.05) is 13.0 Å². The SMILES string of the molecule is COC(=O)c1ccc(Cl)c(NC(=O)CCN2C(=O)c3ccccc3S2(=O)=O)c1. The largest absolute Gasteiger partial charge is 0.465 e. The van der Waals surface area contributed by atoms with Gasteiger partial charge in [0.1, 0.15) is 4.90 Å². The number of amides is 2. The number of esters is 1. The van der Waals surface area contributed by atoms with Crippen LogP contribution < -0.4 is 5.32 Å². The molecule has 2 aromatic rings. The molecule has 146 valence electrons. The van der Waals surface area contributed by atoms with Crippen LogP contribution in [0, 0.1) is 0 Å². The summed E-state index contributed by atoms with van der Waals surface area (Å²) in [4.78, 5) is 36.1. The number of methoxy groups -OCH3 is 1. The molecule has 0 spiro atoms. The Hall–Kier alpha value is -2.91. The first kappa shape index (κ1) is 19.8. The van der Waals surface area contributed by atoms with E-state index in [1.807, 2.05) is 0 Å². The summed E-state index contributed by atoms with van der Waals surface area (Å²) in [6.07, 6.45) is -0.280. The van der Waals surface area contributed by atoms with Crippen molar-refractivity contribution in [2.45, 2.75) is 11.3 Å². The van der Waals surface area contributed by atoms with Gasteiger partial charge in [-0.25, -0.2) is 17.5 Å². The molecule has 1 aliphatic heterocycles. The molecule has 2 aromatic carbocycles. The minimum atomic E-state index is -3.98. The fraction of sp³-hybridized carbons (Fsp3) is 0.167. The molecule has 1 aliphatic rings. The topological polar surface area (TPSA) is 110 Å². The average Bonchev–Trinajstić information content (AvgIpc) is 2.87. The maximum atomic E-state index is 12.5. The number of rotatable bonds is 5. The normalized spacial score (nSPS) is 14.5. The van der Waals surface area contributed by atoms with E-state index in [0.717, 1.165) is 0 Å². The molecule has 0 saturated heterocycles. The Bertz CT molecular complexity index is 1080. The number of sulfonamides is 1. The van der Waals surface area contributed by atoms with Gasteiger partial charge in [-0.1, -0.05) is 23.7 Å². The van der Waals surface area contributed by atoms with E-state index in [1.165, 1.54) is 43.5 Å². The Balaban J connectivity index is 1.71. The van der Waals surface area contributed by atoms with Crippen LogP contribution in [0.4, 0.5) is 5.69 Å².